The molecule has 0 radical (unpaired) electrons. The molecule has 0 aliphatic carbocycles. The van der Waals surface area contributed by atoms with E-state index in [0.717, 1.165) is 32.2 Å². The zero-order chi connectivity index (χ0) is 17.9. The molecule has 1 aliphatic heterocycles. The molecule has 0 unspecified atom stereocenters. The molecule has 0 spiro atoms. The Hall–Kier alpha value is -2.02. The first kappa shape index (κ1) is 20.0. The van der Waals surface area contributed by atoms with Gasteiger partial charge < -0.3 is 10.0 Å². The minimum absolute atomic E-state index is 0.0735. The molecule has 0 aromatic heterocycles. The number of nitrogens with zero attached hydrogens (tertiary/aromatic N) is 2. The fourth-order valence-corrected chi connectivity index (χ4v) is 2.52. The van der Waals surface area contributed by atoms with Crippen molar-refractivity contribution in [1.29, 1.82) is 0 Å². The van der Waals surface area contributed by atoms with Crippen LogP contribution >= 0.6 is 0 Å². The van der Waals surface area contributed by atoms with E-state index in [0.29, 0.717) is 26.1 Å². The normalized spacial score (nSPS) is 14.0. The quantitative estimate of drug-likeness (QED) is 0.401. The van der Waals surface area contributed by atoms with Crippen LogP contribution in [-0.4, -0.2) is 64.7 Å². The van der Waals surface area contributed by atoms with E-state index < -0.39 is 5.97 Å². The van der Waals surface area contributed by atoms with E-state index >= 15 is 0 Å². The molecule has 0 aromatic carbocycles. The maximum atomic E-state index is 11.4. The summed E-state index contributed by atoms with van der Waals surface area (Å²) in [5.41, 5.74) is 0. The first-order valence-corrected chi connectivity index (χ1v) is 8.37. The van der Waals surface area contributed by atoms with Crippen molar-refractivity contribution in [2.75, 3.05) is 26.2 Å². The van der Waals surface area contributed by atoms with Crippen molar-refractivity contribution in [3.63, 3.8) is 0 Å². The summed E-state index contributed by atoms with van der Waals surface area (Å²) >= 11 is 0. The monoisotopic (exact) mass is 338 g/mol. The van der Waals surface area contributed by atoms with Crippen LogP contribution in [0.2, 0.25) is 0 Å². The van der Waals surface area contributed by atoms with Crippen molar-refractivity contribution in [3.8, 4) is 0 Å². The Morgan fingerprint density at radius 1 is 0.958 bits per heavy atom. The van der Waals surface area contributed by atoms with Crippen LogP contribution in [0.3, 0.4) is 0 Å². The van der Waals surface area contributed by atoms with Crippen LogP contribution in [0.1, 0.15) is 45.4 Å². The molecule has 1 heterocycles. The van der Waals surface area contributed by atoms with Gasteiger partial charge in [0.15, 0.2) is 0 Å². The maximum Gasteiger partial charge on any atom is 0.304 e. The van der Waals surface area contributed by atoms with Gasteiger partial charge in [-0.2, -0.15) is 0 Å². The Labute approximate surface area is 142 Å². The van der Waals surface area contributed by atoms with Gasteiger partial charge in [-0.25, -0.2) is 0 Å². The maximum absolute atomic E-state index is 11.4. The molecule has 0 saturated carbocycles. The lowest BCUT2D eigenvalue weighted by Crippen LogP contribution is -2.31. The van der Waals surface area contributed by atoms with E-state index in [9.17, 15) is 19.2 Å². The lowest BCUT2D eigenvalue weighted by molar-refractivity contribution is -0.138. The lowest BCUT2D eigenvalue weighted by atomic mass is 10.1. The average molecular weight is 338 g/mol. The van der Waals surface area contributed by atoms with Gasteiger partial charge >= 0.3 is 5.97 Å². The summed E-state index contributed by atoms with van der Waals surface area (Å²) in [6.45, 7) is 3.77. The largest absolute Gasteiger partial charge is 0.481 e. The Morgan fingerprint density at radius 2 is 1.54 bits per heavy atom. The second-order valence-electron chi connectivity index (χ2n) is 6.01. The SMILES string of the molecule is CC(=O)CCN(CCCCCCN1C(=O)C=CC1=O)CCC(=O)O. The van der Waals surface area contributed by atoms with E-state index in [4.69, 9.17) is 5.11 Å². The summed E-state index contributed by atoms with van der Waals surface area (Å²) < 4.78 is 0. The molecule has 1 N–H and O–H groups in total. The van der Waals surface area contributed by atoms with Gasteiger partial charge in [0.05, 0.1) is 6.42 Å². The lowest BCUT2D eigenvalue weighted by Gasteiger charge is -2.21. The Bertz CT molecular complexity index is 465. The molecule has 0 fully saturated rings. The summed E-state index contributed by atoms with van der Waals surface area (Å²) in [6.07, 6.45) is 6.59. The number of amides is 2. The van der Waals surface area contributed by atoms with E-state index in [-0.39, 0.29) is 24.0 Å². The number of Topliss-reactive ketones (excluding diaryl/α,β-unsaturated/α-hetero) is 1. The molecule has 0 aromatic rings. The molecule has 1 aliphatic rings. The highest BCUT2D eigenvalue weighted by molar-refractivity contribution is 6.12. The van der Waals surface area contributed by atoms with E-state index in [1.165, 1.54) is 24.0 Å². The van der Waals surface area contributed by atoms with Gasteiger partial charge in [0.1, 0.15) is 5.78 Å². The van der Waals surface area contributed by atoms with Gasteiger partial charge in [-0.3, -0.25) is 24.1 Å². The molecule has 24 heavy (non-hydrogen) atoms. The van der Waals surface area contributed by atoms with Crippen molar-refractivity contribution >= 4 is 23.6 Å². The second-order valence-corrected chi connectivity index (χ2v) is 6.01. The number of carbonyl (C=O) groups is 4. The number of imide groups is 1. The van der Waals surface area contributed by atoms with Crippen molar-refractivity contribution < 1.29 is 24.3 Å². The van der Waals surface area contributed by atoms with Crippen LogP contribution in [0.4, 0.5) is 0 Å². The van der Waals surface area contributed by atoms with Crippen LogP contribution in [0.15, 0.2) is 12.2 Å². The Kier molecular flexibility index (Phi) is 8.93. The van der Waals surface area contributed by atoms with Gasteiger partial charge in [-0.15, -0.1) is 0 Å². The van der Waals surface area contributed by atoms with Crippen LogP contribution in [-0.2, 0) is 19.2 Å². The smallest absolute Gasteiger partial charge is 0.304 e. The molecule has 0 saturated heterocycles. The average Bonchev–Trinajstić information content (AvgIpc) is 2.83. The van der Waals surface area contributed by atoms with Gasteiger partial charge in [0, 0.05) is 38.2 Å². The Morgan fingerprint density at radius 3 is 2.12 bits per heavy atom. The molecule has 1 rings (SSSR count). The van der Waals surface area contributed by atoms with E-state index in [2.05, 4.69) is 0 Å². The van der Waals surface area contributed by atoms with Crippen molar-refractivity contribution in [3.05, 3.63) is 12.2 Å². The summed E-state index contributed by atoms with van der Waals surface area (Å²) in [4.78, 5) is 47.8. The predicted molar refractivity (Wildman–Crippen MR) is 88.3 cm³/mol. The number of aliphatic carboxylic acids is 1. The molecular weight excluding hydrogens is 312 g/mol. The van der Waals surface area contributed by atoms with Crippen molar-refractivity contribution in [2.24, 2.45) is 0 Å². The topological polar surface area (TPSA) is 95.0 Å². The second kappa shape index (κ2) is 10.7. The third kappa shape index (κ3) is 8.01. The standard InChI is InChI=1S/C17H26N2O5/c1-14(20)8-12-18(13-9-17(23)24)10-4-2-3-5-11-19-15(21)6-7-16(19)22/h6-7H,2-5,8-13H2,1H3,(H,23,24). The highest BCUT2D eigenvalue weighted by Crippen LogP contribution is 2.08. The first-order valence-electron chi connectivity index (χ1n) is 8.37. The number of rotatable bonds is 13. The van der Waals surface area contributed by atoms with E-state index in [1.807, 2.05) is 4.90 Å². The molecule has 134 valence electrons. The number of hydrogen-bond donors (Lipinski definition) is 1. The molecule has 2 amide bonds. The fourth-order valence-electron chi connectivity index (χ4n) is 2.52. The molecule has 0 atom stereocenters. The summed E-state index contributed by atoms with van der Waals surface area (Å²) in [7, 11) is 0. The van der Waals surface area contributed by atoms with Crippen LogP contribution < -0.4 is 0 Å². The zero-order valence-corrected chi connectivity index (χ0v) is 14.2. The molecular formula is C17H26N2O5. The highest BCUT2D eigenvalue weighted by atomic mass is 16.4. The number of unbranched alkanes of at least 4 members (excludes halogenated alkanes) is 3. The van der Waals surface area contributed by atoms with Gasteiger partial charge in [-0.1, -0.05) is 12.8 Å². The van der Waals surface area contributed by atoms with Crippen molar-refractivity contribution in [1.82, 2.24) is 9.80 Å². The minimum Gasteiger partial charge on any atom is -0.481 e. The fraction of sp³-hybridized carbons (Fsp3) is 0.647. The van der Waals surface area contributed by atoms with Gasteiger partial charge in [0.25, 0.3) is 11.8 Å². The Balaban J connectivity index is 2.16. The van der Waals surface area contributed by atoms with Crippen LogP contribution in [0.5, 0.6) is 0 Å². The molecule has 0 bridgehead atoms. The minimum atomic E-state index is -0.837. The van der Waals surface area contributed by atoms with Crippen LogP contribution in [0, 0.1) is 0 Å². The number of ketones is 1. The number of carboxylic acid groups (broad SMARTS) is 1. The van der Waals surface area contributed by atoms with Gasteiger partial charge in [0.2, 0.25) is 0 Å². The number of carboxylic acids is 1. The van der Waals surface area contributed by atoms with Crippen molar-refractivity contribution in [2.45, 2.75) is 45.4 Å². The van der Waals surface area contributed by atoms with Gasteiger partial charge in [-0.05, 0) is 26.3 Å². The molecule has 7 nitrogen and oxygen atoms in total. The van der Waals surface area contributed by atoms with E-state index in [1.54, 1.807) is 0 Å². The summed E-state index contributed by atoms with van der Waals surface area (Å²) in [5.74, 6) is -1.23. The zero-order valence-electron chi connectivity index (χ0n) is 14.2. The number of carbonyl (C=O) groups excluding carboxylic acids is 3. The summed E-state index contributed by atoms with van der Waals surface area (Å²) in [6, 6.07) is 0. The number of hydrogen-bond acceptors (Lipinski definition) is 5. The summed E-state index contributed by atoms with van der Waals surface area (Å²) in [5, 5.41) is 8.77. The highest BCUT2D eigenvalue weighted by Gasteiger charge is 2.22. The molecule has 7 heteroatoms. The van der Waals surface area contributed by atoms with Crippen LogP contribution in [0.25, 0.3) is 0 Å². The third-order valence-corrected chi connectivity index (χ3v) is 3.93. The first-order chi connectivity index (χ1) is 11.4. The predicted octanol–water partition coefficient (Wildman–Crippen LogP) is 1.23. The third-order valence-electron chi connectivity index (χ3n) is 3.93.